The van der Waals surface area contributed by atoms with Gasteiger partial charge in [-0.05, 0) is 43.0 Å². The van der Waals surface area contributed by atoms with Crippen LogP contribution in [0.2, 0.25) is 0 Å². The second-order valence-corrected chi connectivity index (χ2v) is 7.27. The first kappa shape index (κ1) is 20.2. The second kappa shape index (κ2) is 9.11. The zero-order chi connectivity index (χ0) is 20.1. The number of hydrogen-bond donors (Lipinski definition) is 1. The van der Waals surface area contributed by atoms with E-state index in [0.29, 0.717) is 29.6 Å². The lowest BCUT2D eigenvalue weighted by Gasteiger charge is -2.35. The summed E-state index contributed by atoms with van der Waals surface area (Å²) in [5, 5.41) is 3.10. The van der Waals surface area contributed by atoms with Gasteiger partial charge < -0.3 is 14.8 Å². The van der Waals surface area contributed by atoms with Gasteiger partial charge in [0.05, 0.1) is 14.2 Å². The summed E-state index contributed by atoms with van der Waals surface area (Å²) >= 11 is 0. The minimum absolute atomic E-state index is 0.104. The Kier molecular flexibility index (Phi) is 6.57. The standard InChI is InChI=1S/C23H30N2O3/c1-5-20(25-11-10-17-8-6-7-9-18(17)15-25)14-24-23(26)19-12-21(27-3)16(2)22(13-19)28-4/h6-9,12-13,20H,5,10-11,14-15H2,1-4H3,(H,24,26). The highest BCUT2D eigenvalue weighted by atomic mass is 16.5. The molecule has 5 heteroatoms. The molecule has 0 aliphatic carbocycles. The summed E-state index contributed by atoms with van der Waals surface area (Å²) in [5.74, 6) is 1.21. The lowest BCUT2D eigenvalue weighted by molar-refractivity contribution is 0.0925. The van der Waals surface area contributed by atoms with Crippen LogP contribution in [-0.2, 0) is 13.0 Å². The van der Waals surface area contributed by atoms with Gasteiger partial charge in [0.25, 0.3) is 5.91 Å². The number of nitrogens with one attached hydrogen (secondary N) is 1. The molecule has 28 heavy (non-hydrogen) atoms. The van der Waals surface area contributed by atoms with E-state index in [1.54, 1.807) is 26.4 Å². The maximum Gasteiger partial charge on any atom is 0.251 e. The number of carbonyl (C=O) groups excluding carboxylic acids is 1. The summed E-state index contributed by atoms with van der Waals surface area (Å²) in [6.07, 6.45) is 2.05. The van der Waals surface area contributed by atoms with E-state index in [1.807, 2.05) is 6.92 Å². The van der Waals surface area contributed by atoms with Crippen molar-refractivity contribution in [2.75, 3.05) is 27.3 Å². The van der Waals surface area contributed by atoms with Gasteiger partial charge >= 0.3 is 0 Å². The first-order chi connectivity index (χ1) is 13.6. The molecule has 1 aliphatic rings. The quantitative estimate of drug-likeness (QED) is 0.795. The van der Waals surface area contributed by atoms with Crippen LogP contribution >= 0.6 is 0 Å². The molecule has 1 atom stereocenters. The lowest BCUT2D eigenvalue weighted by atomic mass is 9.98. The Hall–Kier alpha value is -2.53. The second-order valence-electron chi connectivity index (χ2n) is 7.27. The Morgan fingerprint density at radius 2 is 1.79 bits per heavy atom. The van der Waals surface area contributed by atoms with Crippen molar-refractivity contribution >= 4 is 5.91 Å². The van der Waals surface area contributed by atoms with Crippen molar-refractivity contribution in [3.05, 3.63) is 58.7 Å². The van der Waals surface area contributed by atoms with Crippen LogP contribution < -0.4 is 14.8 Å². The smallest absolute Gasteiger partial charge is 0.251 e. The van der Waals surface area contributed by atoms with E-state index in [0.717, 1.165) is 31.5 Å². The first-order valence-corrected chi connectivity index (χ1v) is 9.89. The fraction of sp³-hybridized carbons (Fsp3) is 0.435. The fourth-order valence-electron chi connectivity index (χ4n) is 3.89. The van der Waals surface area contributed by atoms with Crippen LogP contribution in [0.3, 0.4) is 0 Å². The molecule has 1 N–H and O–H groups in total. The van der Waals surface area contributed by atoms with Crippen molar-refractivity contribution in [1.29, 1.82) is 0 Å². The fourth-order valence-corrected chi connectivity index (χ4v) is 3.89. The van der Waals surface area contributed by atoms with Crippen LogP contribution in [0.5, 0.6) is 11.5 Å². The van der Waals surface area contributed by atoms with Crippen molar-refractivity contribution in [2.45, 2.75) is 39.3 Å². The largest absolute Gasteiger partial charge is 0.496 e. The summed E-state index contributed by atoms with van der Waals surface area (Å²) in [6, 6.07) is 12.5. The molecule has 150 valence electrons. The van der Waals surface area contributed by atoms with E-state index < -0.39 is 0 Å². The van der Waals surface area contributed by atoms with Crippen LogP contribution in [0, 0.1) is 6.92 Å². The molecule has 0 aromatic heterocycles. The monoisotopic (exact) mass is 382 g/mol. The summed E-state index contributed by atoms with van der Waals surface area (Å²) in [7, 11) is 3.20. The number of nitrogens with zero attached hydrogens (tertiary/aromatic N) is 1. The van der Waals surface area contributed by atoms with Crippen molar-refractivity contribution in [3.63, 3.8) is 0 Å². The Balaban J connectivity index is 1.66. The maximum atomic E-state index is 12.8. The third-order valence-corrected chi connectivity index (χ3v) is 5.66. The number of methoxy groups -OCH3 is 2. The average Bonchev–Trinajstić information content (AvgIpc) is 2.74. The maximum absolute atomic E-state index is 12.8. The van der Waals surface area contributed by atoms with Crippen molar-refractivity contribution in [3.8, 4) is 11.5 Å². The highest BCUT2D eigenvalue weighted by molar-refractivity contribution is 5.95. The molecule has 5 nitrogen and oxygen atoms in total. The summed E-state index contributed by atoms with van der Waals surface area (Å²) in [6.45, 7) is 6.68. The number of amides is 1. The van der Waals surface area contributed by atoms with E-state index in [4.69, 9.17) is 9.47 Å². The number of rotatable bonds is 7. The van der Waals surface area contributed by atoms with Gasteiger partial charge in [-0.3, -0.25) is 9.69 Å². The van der Waals surface area contributed by atoms with Crippen LogP contribution in [0.25, 0.3) is 0 Å². The summed E-state index contributed by atoms with van der Waals surface area (Å²) < 4.78 is 10.8. The van der Waals surface area contributed by atoms with Crippen LogP contribution in [0.4, 0.5) is 0 Å². The Labute approximate surface area is 167 Å². The topological polar surface area (TPSA) is 50.8 Å². The van der Waals surface area contributed by atoms with Gasteiger partial charge in [0.15, 0.2) is 0 Å². The van der Waals surface area contributed by atoms with Crippen molar-refractivity contribution in [2.24, 2.45) is 0 Å². The molecule has 1 aliphatic heterocycles. The van der Waals surface area contributed by atoms with Gasteiger partial charge in [0.1, 0.15) is 11.5 Å². The number of hydrogen-bond acceptors (Lipinski definition) is 4. The van der Waals surface area contributed by atoms with E-state index in [2.05, 4.69) is 41.4 Å². The van der Waals surface area contributed by atoms with E-state index in [9.17, 15) is 4.79 Å². The third kappa shape index (κ3) is 4.30. The average molecular weight is 383 g/mol. The zero-order valence-electron chi connectivity index (χ0n) is 17.2. The SMILES string of the molecule is CCC(CNC(=O)c1cc(OC)c(C)c(OC)c1)N1CCc2ccccc2C1. The van der Waals surface area contributed by atoms with Gasteiger partial charge in [0, 0.05) is 36.8 Å². The number of ether oxygens (including phenoxy) is 2. The minimum Gasteiger partial charge on any atom is -0.496 e. The van der Waals surface area contributed by atoms with Crippen molar-refractivity contribution < 1.29 is 14.3 Å². The molecule has 1 heterocycles. The minimum atomic E-state index is -0.104. The van der Waals surface area contributed by atoms with Gasteiger partial charge in [-0.2, -0.15) is 0 Å². The highest BCUT2D eigenvalue weighted by Gasteiger charge is 2.23. The molecule has 2 aromatic carbocycles. The number of carbonyl (C=O) groups is 1. The highest BCUT2D eigenvalue weighted by Crippen LogP contribution is 2.29. The Morgan fingerprint density at radius 1 is 1.14 bits per heavy atom. The van der Waals surface area contributed by atoms with Gasteiger partial charge in [0.2, 0.25) is 0 Å². The molecule has 0 fully saturated rings. The van der Waals surface area contributed by atoms with Gasteiger partial charge in [-0.25, -0.2) is 0 Å². The molecule has 0 saturated carbocycles. The molecule has 1 amide bonds. The molecule has 2 aromatic rings. The van der Waals surface area contributed by atoms with E-state index in [1.165, 1.54) is 11.1 Å². The summed E-state index contributed by atoms with van der Waals surface area (Å²) in [5.41, 5.74) is 4.28. The Morgan fingerprint density at radius 3 is 2.39 bits per heavy atom. The van der Waals surface area contributed by atoms with Crippen molar-refractivity contribution in [1.82, 2.24) is 10.2 Å². The molecule has 0 saturated heterocycles. The van der Waals surface area contributed by atoms with E-state index in [-0.39, 0.29) is 5.91 Å². The Bertz CT molecular complexity index is 809. The number of fused-ring (bicyclic) bond motifs is 1. The third-order valence-electron chi connectivity index (χ3n) is 5.66. The van der Waals surface area contributed by atoms with Crippen LogP contribution in [-0.4, -0.2) is 44.2 Å². The molecular weight excluding hydrogens is 352 g/mol. The molecule has 3 rings (SSSR count). The van der Waals surface area contributed by atoms with Crippen LogP contribution in [0.1, 0.15) is 40.4 Å². The molecule has 0 bridgehead atoms. The predicted octanol–water partition coefficient (Wildman–Crippen LogP) is 3.58. The molecule has 0 radical (unpaired) electrons. The first-order valence-electron chi connectivity index (χ1n) is 9.89. The lowest BCUT2D eigenvalue weighted by Crippen LogP contribution is -2.45. The van der Waals surface area contributed by atoms with Gasteiger partial charge in [-0.1, -0.05) is 31.2 Å². The molecular formula is C23H30N2O3. The zero-order valence-corrected chi connectivity index (χ0v) is 17.2. The summed E-state index contributed by atoms with van der Waals surface area (Å²) in [4.78, 5) is 15.2. The number of benzene rings is 2. The van der Waals surface area contributed by atoms with Crippen LogP contribution in [0.15, 0.2) is 36.4 Å². The molecule has 0 spiro atoms. The molecule has 1 unspecified atom stereocenters. The normalized spacial score (nSPS) is 14.9. The van der Waals surface area contributed by atoms with Gasteiger partial charge in [-0.15, -0.1) is 0 Å². The predicted molar refractivity (Wildman–Crippen MR) is 111 cm³/mol. The van der Waals surface area contributed by atoms with E-state index >= 15 is 0 Å².